The third-order valence-electron chi connectivity index (χ3n) is 4.35. The molecule has 1 heterocycles. The Hall–Kier alpha value is -1.85. The molecule has 1 aliphatic rings. The maximum absolute atomic E-state index is 12.1. The van der Waals surface area contributed by atoms with Gasteiger partial charge in [-0.05, 0) is 37.5 Å². The van der Waals surface area contributed by atoms with Crippen LogP contribution in [0.4, 0.5) is 0 Å². The van der Waals surface area contributed by atoms with Gasteiger partial charge in [-0.25, -0.2) is 4.98 Å². The van der Waals surface area contributed by atoms with Gasteiger partial charge in [0.1, 0.15) is 18.5 Å². The molecule has 1 aliphatic carbocycles. The number of nitrogens with zero attached hydrogens (tertiary/aromatic N) is 2. The third-order valence-corrected chi connectivity index (χ3v) is 4.66. The van der Waals surface area contributed by atoms with Gasteiger partial charge in [0.25, 0.3) is 5.56 Å². The zero-order chi connectivity index (χ0) is 17.1. The number of aliphatic hydroxyl groups excluding tert-OH is 1. The first-order valence-corrected chi connectivity index (χ1v) is 8.54. The van der Waals surface area contributed by atoms with E-state index in [1.54, 1.807) is 12.1 Å². The average molecular weight is 349 g/mol. The highest BCUT2D eigenvalue weighted by Crippen LogP contribution is 2.34. The monoisotopic (exact) mass is 348 g/mol. The first-order valence-electron chi connectivity index (χ1n) is 8.16. The molecule has 1 fully saturated rings. The first kappa shape index (κ1) is 17.0. The fourth-order valence-corrected chi connectivity index (χ4v) is 2.86. The Balaban J connectivity index is 1.59. The minimum Gasteiger partial charge on any atom is -0.489 e. The SMILES string of the molecule is Cc1ccc(Cl)c(OCC(O)Cn2cnc(C3CCC3)cc2=O)c1. The first-order chi connectivity index (χ1) is 11.5. The summed E-state index contributed by atoms with van der Waals surface area (Å²) < 4.78 is 6.97. The highest BCUT2D eigenvalue weighted by Gasteiger charge is 2.21. The van der Waals surface area contributed by atoms with Gasteiger partial charge in [0.15, 0.2) is 0 Å². The Kier molecular flexibility index (Phi) is 5.21. The van der Waals surface area contributed by atoms with Crippen LogP contribution in [-0.4, -0.2) is 27.4 Å². The highest BCUT2D eigenvalue weighted by atomic mass is 35.5. The van der Waals surface area contributed by atoms with Gasteiger partial charge in [0.05, 0.1) is 23.6 Å². The second-order valence-corrected chi connectivity index (χ2v) is 6.74. The van der Waals surface area contributed by atoms with E-state index in [0.29, 0.717) is 16.7 Å². The van der Waals surface area contributed by atoms with Crippen LogP contribution < -0.4 is 10.3 Å². The van der Waals surface area contributed by atoms with Crippen molar-refractivity contribution in [2.45, 2.75) is 44.8 Å². The standard InChI is InChI=1S/C18H21ClN2O3/c1-12-5-6-15(19)17(7-12)24-10-14(22)9-21-11-20-16(8-18(21)23)13-3-2-4-13/h5-8,11,13-14,22H,2-4,9-10H2,1H3. The molecule has 1 N–H and O–H groups in total. The van der Waals surface area contributed by atoms with E-state index in [-0.39, 0.29) is 18.7 Å². The summed E-state index contributed by atoms with van der Waals surface area (Å²) >= 11 is 6.06. The molecule has 0 radical (unpaired) electrons. The Morgan fingerprint density at radius 1 is 1.42 bits per heavy atom. The molecule has 1 aromatic carbocycles. The Labute approximate surface area is 145 Å². The second kappa shape index (κ2) is 7.36. The minimum absolute atomic E-state index is 0.0555. The van der Waals surface area contributed by atoms with Gasteiger partial charge in [-0.15, -0.1) is 0 Å². The number of halogens is 1. The molecule has 3 rings (SSSR count). The van der Waals surface area contributed by atoms with Gasteiger partial charge in [-0.3, -0.25) is 9.36 Å². The highest BCUT2D eigenvalue weighted by molar-refractivity contribution is 6.32. The van der Waals surface area contributed by atoms with E-state index in [1.807, 2.05) is 19.1 Å². The van der Waals surface area contributed by atoms with E-state index in [0.717, 1.165) is 24.1 Å². The summed E-state index contributed by atoms with van der Waals surface area (Å²) in [5.74, 6) is 0.950. The Morgan fingerprint density at radius 3 is 2.88 bits per heavy atom. The van der Waals surface area contributed by atoms with Gasteiger partial charge in [0, 0.05) is 12.0 Å². The number of rotatable bonds is 6. The van der Waals surface area contributed by atoms with E-state index < -0.39 is 6.10 Å². The van der Waals surface area contributed by atoms with Gasteiger partial charge in [-0.1, -0.05) is 24.1 Å². The lowest BCUT2D eigenvalue weighted by Gasteiger charge is -2.24. The molecule has 5 nitrogen and oxygen atoms in total. The number of benzene rings is 1. The molecule has 6 heteroatoms. The van der Waals surface area contributed by atoms with Gasteiger partial charge in [-0.2, -0.15) is 0 Å². The summed E-state index contributed by atoms with van der Waals surface area (Å²) in [4.78, 5) is 16.5. The van der Waals surface area contributed by atoms with E-state index in [1.165, 1.54) is 17.3 Å². The summed E-state index contributed by atoms with van der Waals surface area (Å²) in [7, 11) is 0. The lowest BCUT2D eigenvalue weighted by molar-refractivity contribution is 0.0913. The lowest BCUT2D eigenvalue weighted by atomic mass is 9.83. The van der Waals surface area contributed by atoms with Crippen LogP contribution >= 0.6 is 11.6 Å². The number of aliphatic hydroxyl groups is 1. The third kappa shape index (κ3) is 3.97. The molecule has 0 spiro atoms. The zero-order valence-corrected chi connectivity index (χ0v) is 14.4. The molecule has 1 saturated carbocycles. The van der Waals surface area contributed by atoms with Crippen LogP contribution in [-0.2, 0) is 6.54 Å². The van der Waals surface area contributed by atoms with E-state index in [2.05, 4.69) is 4.98 Å². The quantitative estimate of drug-likeness (QED) is 0.871. The summed E-state index contributed by atoms with van der Waals surface area (Å²) in [5.41, 5.74) is 1.75. The van der Waals surface area contributed by atoms with Crippen LogP contribution in [0, 0.1) is 6.92 Å². The molecule has 1 aromatic heterocycles. The predicted octanol–water partition coefficient (Wildman–Crippen LogP) is 2.91. The summed E-state index contributed by atoms with van der Waals surface area (Å²) in [6.45, 7) is 2.13. The number of hydrogen-bond donors (Lipinski definition) is 1. The normalized spacial score (nSPS) is 15.8. The Morgan fingerprint density at radius 2 is 2.21 bits per heavy atom. The fourth-order valence-electron chi connectivity index (χ4n) is 2.69. The summed E-state index contributed by atoms with van der Waals surface area (Å²) in [5, 5.41) is 10.6. The molecule has 0 saturated heterocycles. The zero-order valence-electron chi connectivity index (χ0n) is 13.6. The van der Waals surface area contributed by atoms with E-state index in [9.17, 15) is 9.90 Å². The summed E-state index contributed by atoms with van der Waals surface area (Å²) in [6, 6.07) is 7.04. The van der Waals surface area contributed by atoms with Crippen LogP contribution in [0.15, 0.2) is 35.4 Å². The number of hydrogen-bond acceptors (Lipinski definition) is 4. The van der Waals surface area contributed by atoms with Crippen molar-refractivity contribution in [1.82, 2.24) is 9.55 Å². The van der Waals surface area contributed by atoms with E-state index >= 15 is 0 Å². The molecular weight excluding hydrogens is 328 g/mol. The molecule has 24 heavy (non-hydrogen) atoms. The number of ether oxygens (including phenoxy) is 1. The maximum Gasteiger partial charge on any atom is 0.253 e. The molecule has 0 amide bonds. The molecule has 2 aromatic rings. The van der Waals surface area contributed by atoms with Gasteiger partial charge < -0.3 is 9.84 Å². The van der Waals surface area contributed by atoms with Crippen molar-refractivity contribution in [1.29, 1.82) is 0 Å². The van der Waals surface area contributed by atoms with Crippen LogP contribution in [0.1, 0.15) is 36.4 Å². The van der Waals surface area contributed by atoms with Crippen LogP contribution in [0.5, 0.6) is 5.75 Å². The lowest BCUT2D eigenvalue weighted by Crippen LogP contribution is -2.31. The van der Waals surface area contributed by atoms with Gasteiger partial charge in [0.2, 0.25) is 0 Å². The molecule has 0 aliphatic heterocycles. The molecule has 128 valence electrons. The van der Waals surface area contributed by atoms with Crippen molar-refractivity contribution >= 4 is 11.6 Å². The van der Waals surface area contributed by atoms with Gasteiger partial charge >= 0.3 is 0 Å². The van der Waals surface area contributed by atoms with Crippen molar-refractivity contribution in [3.63, 3.8) is 0 Å². The van der Waals surface area contributed by atoms with Crippen molar-refractivity contribution in [2.24, 2.45) is 0 Å². The van der Waals surface area contributed by atoms with Crippen molar-refractivity contribution in [3.8, 4) is 5.75 Å². The second-order valence-electron chi connectivity index (χ2n) is 6.33. The largest absolute Gasteiger partial charge is 0.489 e. The maximum atomic E-state index is 12.1. The van der Waals surface area contributed by atoms with Crippen molar-refractivity contribution in [2.75, 3.05) is 6.61 Å². The van der Waals surface area contributed by atoms with Crippen LogP contribution in [0.3, 0.4) is 0 Å². The Bertz CT molecular complexity index is 771. The summed E-state index contributed by atoms with van der Waals surface area (Å²) in [6.07, 6.45) is 4.09. The number of aromatic nitrogens is 2. The van der Waals surface area contributed by atoms with E-state index in [4.69, 9.17) is 16.3 Å². The minimum atomic E-state index is -0.823. The van der Waals surface area contributed by atoms with Crippen molar-refractivity contribution < 1.29 is 9.84 Å². The smallest absolute Gasteiger partial charge is 0.253 e. The van der Waals surface area contributed by atoms with Crippen LogP contribution in [0.2, 0.25) is 5.02 Å². The fraction of sp³-hybridized carbons (Fsp3) is 0.444. The number of aryl methyl sites for hydroxylation is 1. The molecular formula is C18H21ClN2O3. The van der Waals surface area contributed by atoms with Crippen molar-refractivity contribution in [3.05, 3.63) is 57.2 Å². The predicted molar refractivity (Wildman–Crippen MR) is 92.8 cm³/mol. The molecule has 1 atom stereocenters. The average Bonchev–Trinajstić information content (AvgIpc) is 2.49. The molecule has 0 bridgehead atoms. The van der Waals surface area contributed by atoms with Crippen LogP contribution in [0.25, 0.3) is 0 Å². The topological polar surface area (TPSA) is 64.3 Å². The molecule has 1 unspecified atom stereocenters.